The first-order valence-electron chi connectivity index (χ1n) is 7.96. The zero-order valence-electron chi connectivity index (χ0n) is 13.5. The summed E-state index contributed by atoms with van der Waals surface area (Å²) < 4.78 is 5.58. The Balaban J connectivity index is 0.00000208. The Bertz CT molecular complexity index is 548. The van der Waals surface area contributed by atoms with Crippen molar-refractivity contribution in [1.82, 2.24) is 10.2 Å². The smallest absolute Gasteiger partial charge is 0.237 e. The molecule has 0 saturated carbocycles. The van der Waals surface area contributed by atoms with E-state index in [9.17, 15) is 4.79 Å². The van der Waals surface area contributed by atoms with Crippen LogP contribution in [-0.4, -0.2) is 36.6 Å². The topological polar surface area (TPSA) is 41.6 Å². The number of thiophene rings is 2. The number of halogens is 1. The van der Waals surface area contributed by atoms with Crippen LogP contribution in [0.4, 0.5) is 0 Å². The molecular formula is C17H23ClN2O2S2. The van der Waals surface area contributed by atoms with Crippen molar-refractivity contribution in [2.45, 2.75) is 32.0 Å². The SMILES string of the molecule is Cl.O=C(CNCC1CCCO1)N(Cc1cccs1)Cc1cccs1. The van der Waals surface area contributed by atoms with Gasteiger partial charge in [0.1, 0.15) is 0 Å². The molecule has 1 aliphatic rings. The molecule has 2 aromatic heterocycles. The number of rotatable bonds is 8. The lowest BCUT2D eigenvalue weighted by Gasteiger charge is -2.22. The number of amides is 1. The maximum Gasteiger partial charge on any atom is 0.237 e. The molecule has 7 heteroatoms. The number of ether oxygens (including phenoxy) is 1. The van der Waals surface area contributed by atoms with Crippen LogP contribution in [0.5, 0.6) is 0 Å². The van der Waals surface area contributed by atoms with Crippen molar-refractivity contribution >= 4 is 41.0 Å². The van der Waals surface area contributed by atoms with Crippen LogP contribution in [0.25, 0.3) is 0 Å². The summed E-state index contributed by atoms with van der Waals surface area (Å²) >= 11 is 3.39. The molecule has 0 aliphatic carbocycles. The van der Waals surface area contributed by atoms with Gasteiger partial charge in [0.05, 0.1) is 25.7 Å². The van der Waals surface area contributed by atoms with Crippen molar-refractivity contribution in [1.29, 1.82) is 0 Å². The lowest BCUT2D eigenvalue weighted by atomic mass is 10.2. The minimum Gasteiger partial charge on any atom is -0.377 e. The van der Waals surface area contributed by atoms with Crippen molar-refractivity contribution in [3.63, 3.8) is 0 Å². The average molecular weight is 387 g/mol. The van der Waals surface area contributed by atoms with Crippen LogP contribution < -0.4 is 5.32 Å². The van der Waals surface area contributed by atoms with Gasteiger partial charge in [0.25, 0.3) is 0 Å². The summed E-state index contributed by atoms with van der Waals surface area (Å²) in [6, 6.07) is 8.23. The Hall–Kier alpha value is -0.920. The number of nitrogens with zero attached hydrogens (tertiary/aromatic N) is 1. The highest BCUT2D eigenvalue weighted by Crippen LogP contribution is 2.17. The van der Waals surface area contributed by atoms with Crippen LogP contribution >= 0.6 is 35.1 Å². The second-order valence-electron chi connectivity index (χ2n) is 5.67. The van der Waals surface area contributed by atoms with E-state index in [1.54, 1.807) is 22.7 Å². The van der Waals surface area contributed by atoms with Gasteiger partial charge >= 0.3 is 0 Å². The molecule has 0 aromatic carbocycles. The first-order chi connectivity index (χ1) is 11.3. The monoisotopic (exact) mass is 386 g/mol. The third kappa shape index (κ3) is 5.86. The van der Waals surface area contributed by atoms with E-state index in [1.165, 1.54) is 9.75 Å². The minimum absolute atomic E-state index is 0. The number of hydrogen-bond donors (Lipinski definition) is 1. The van der Waals surface area contributed by atoms with E-state index in [0.717, 1.165) is 26.0 Å². The van der Waals surface area contributed by atoms with E-state index < -0.39 is 0 Å². The number of nitrogens with one attached hydrogen (secondary N) is 1. The van der Waals surface area contributed by atoms with E-state index in [-0.39, 0.29) is 24.4 Å². The summed E-state index contributed by atoms with van der Waals surface area (Å²) in [4.78, 5) is 17.0. The first-order valence-corrected chi connectivity index (χ1v) is 9.72. The van der Waals surface area contributed by atoms with Crippen LogP contribution in [0, 0.1) is 0 Å². The lowest BCUT2D eigenvalue weighted by molar-refractivity contribution is -0.131. The Morgan fingerprint density at radius 3 is 2.38 bits per heavy atom. The zero-order valence-corrected chi connectivity index (χ0v) is 15.9. The Kier molecular flexibility index (Phi) is 8.21. The van der Waals surface area contributed by atoms with Gasteiger partial charge in [0.15, 0.2) is 0 Å². The highest BCUT2D eigenvalue weighted by atomic mass is 35.5. The summed E-state index contributed by atoms with van der Waals surface area (Å²) in [6.07, 6.45) is 2.49. The molecule has 132 valence electrons. The van der Waals surface area contributed by atoms with E-state index in [0.29, 0.717) is 19.6 Å². The van der Waals surface area contributed by atoms with E-state index in [2.05, 4.69) is 28.2 Å². The molecule has 1 fully saturated rings. The lowest BCUT2D eigenvalue weighted by Crippen LogP contribution is -2.39. The van der Waals surface area contributed by atoms with Crippen LogP contribution in [0.15, 0.2) is 35.0 Å². The predicted octanol–water partition coefficient (Wildman–Crippen LogP) is 3.53. The maximum absolute atomic E-state index is 12.6. The van der Waals surface area contributed by atoms with E-state index in [1.807, 2.05) is 17.0 Å². The van der Waals surface area contributed by atoms with Gasteiger partial charge in [-0.05, 0) is 35.7 Å². The van der Waals surface area contributed by atoms with Gasteiger partial charge in [0.2, 0.25) is 5.91 Å². The van der Waals surface area contributed by atoms with Crippen LogP contribution in [0.2, 0.25) is 0 Å². The third-order valence-corrected chi connectivity index (χ3v) is 5.60. The number of hydrogen-bond acceptors (Lipinski definition) is 5. The fourth-order valence-corrected chi connectivity index (χ4v) is 4.11. The molecule has 2 aromatic rings. The van der Waals surface area contributed by atoms with Gasteiger partial charge in [-0.15, -0.1) is 35.1 Å². The molecule has 3 rings (SSSR count). The normalized spacial score (nSPS) is 16.8. The standard InChI is InChI=1S/C17H22N2O2S2.ClH/c20-17(11-18-10-14-4-1-7-21-14)19(12-15-5-2-8-22-15)13-16-6-3-9-23-16;/h2-3,5-6,8-9,14,18H,1,4,7,10-13H2;1H. The summed E-state index contributed by atoms with van der Waals surface area (Å²) in [6.45, 7) is 3.34. The van der Waals surface area contributed by atoms with Crippen molar-refractivity contribution in [2.75, 3.05) is 19.7 Å². The van der Waals surface area contributed by atoms with Crippen molar-refractivity contribution in [3.8, 4) is 0 Å². The molecule has 3 heterocycles. The first kappa shape index (κ1) is 19.4. The highest BCUT2D eigenvalue weighted by Gasteiger charge is 2.18. The molecule has 1 aliphatic heterocycles. The largest absolute Gasteiger partial charge is 0.377 e. The van der Waals surface area contributed by atoms with Crippen LogP contribution in [0.3, 0.4) is 0 Å². The van der Waals surface area contributed by atoms with E-state index in [4.69, 9.17) is 4.74 Å². The summed E-state index contributed by atoms with van der Waals surface area (Å²) in [5, 5.41) is 7.37. The van der Waals surface area contributed by atoms with Gasteiger partial charge in [-0.3, -0.25) is 4.79 Å². The fraction of sp³-hybridized carbons (Fsp3) is 0.471. The van der Waals surface area contributed by atoms with Crippen LogP contribution in [-0.2, 0) is 22.6 Å². The van der Waals surface area contributed by atoms with Gasteiger partial charge in [0, 0.05) is 22.9 Å². The highest BCUT2D eigenvalue weighted by molar-refractivity contribution is 7.10. The minimum atomic E-state index is 0. The second kappa shape index (κ2) is 10.2. The zero-order chi connectivity index (χ0) is 15.9. The molecule has 1 atom stereocenters. The van der Waals surface area contributed by atoms with Crippen molar-refractivity contribution in [3.05, 3.63) is 44.8 Å². The van der Waals surface area contributed by atoms with Crippen LogP contribution in [0.1, 0.15) is 22.6 Å². The molecule has 1 saturated heterocycles. The fourth-order valence-electron chi connectivity index (χ4n) is 2.67. The van der Waals surface area contributed by atoms with Crippen molar-refractivity contribution < 1.29 is 9.53 Å². The van der Waals surface area contributed by atoms with Gasteiger partial charge < -0.3 is 15.0 Å². The quantitative estimate of drug-likeness (QED) is 0.754. The Morgan fingerprint density at radius 1 is 1.21 bits per heavy atom. The summed E-state index contributed by atoms with van der Waals surface area (Å²) in [7, 11) is 0. The molecule has 1 unspecified atom stereocenters. The number of carbonyl (C=O) groups is 1. The average Bonchev–Trinajstić information content (AvgIpc) is 3.30. The molecule has 4 nitrogen and oxygen atoms in total. The summed E-state index contributed by atoms with van der Waals surface area (Å²) in [5.41, 5.74) is 0. The van der Waals surface area contributed by atoms with E-state index >= 15 is 0 Å². The van der Waals surface area contributed by atoms with Gasteiger partial charge in [-0.2, -0.15) is 0 Å². The number of carbonyl (C=O) groups excluding carboxylic acids is 1. The Labute approximate surface area is 157 Å². The molecule has 1 N–H and O–H groups in total. The van der Waals surface area contributed by atoms with Crippen molar-refractivity contribution in [2.24, 2.45) is 0 Å². The molecule has 24 heavy (non-hydrogen) atoms. The predicted molar refractivity (Wildman–Crippen MR) is 102 cm³/mol. The maximum atomic E-state index is 12.6. The molecular weight excluding hydrogens is 364 g/mol. The third-order valence-electron chi connectivity index (χ3n) is 3.88. The molecule has 0 spiro atoms. The molecule has 0 bridgehead atoms. The van der Waals surface area contributed by atoms with Gasteiger partial charge in [-0.25, -0.2) is 0 Å². The molecule has 1 amide bonds. The van der Waals surface area contributed by atoms with Gasteiger partial charge in [-0.1, -0.05) is 12.1 Å². The Morgan fingerprint density at radius 2 is 1.88 bits per heavy atom. The molecule has 0 radical (unpaired) electrons. The second-order valence-corrected chi connectivity index (χ2v) is 7.74. The summed E-state index contributed by atoms with van der Waals surface area (Å²) in [5.74, 6) is 0.143.